The van der Waals surface area contributed by atoms with E-state index in [1.54, 1.807) is 0 Å². The summed E-state index contributed by atoms with van der Waals surface area (Å²) in [5.41, 5.74) is 5.04. The molecule has 0 saturated heterocycles. The molecule has 0 spiro atoms. The molecule has 2 N–H and O–H groups in total. The van der Waals surface area contributed by atoms with Gasteiger partial charge in [-0.05, 0) is 11.6 Å². The van der Waals surface area contributed by atoms with Gasteiger partial charge in [-0.25, -0.2) is 4.98 Å². The maximum atomic E-state index is 11.0. The Labute approximate surface area is 123 Å². The van der Waals surface area contributed by atoms with E-state index in [4.69, 9.17) is 28.9 Å². The number of thiazole rings is 1. The first-order valence-electron chi connectivity index (χ1n) is 4.17. The summed E-state index contributed by atoms with van der Waals surface area (Å²) in [5, 5.41) is 3.29. The monoisotopic (exact) mass is 331 g/mol. The summed E-state index contributed by atoms with van der Waals surface area (Å²) in [7, 11) is 1.26. The van der Waals surface area contributed by atoms with Crippen LogP contribution in [0.3, 0.4) is 0 Å². The van der Waals surface area contributed by atoms with Crippen LogP contribution in [0.15, 0.2) is 10.5 Å². The quantitative estimate of drug-likeness (QED) is 0.382. The number of carbonyl (C=O) groups excluding carboxylic acids is 2. The molecule has 1 aromatic rings. The van der Waals surface area contributed by atoms with Crippen molar-refractivity contribution in [3.63, 3.8) is 0 Å². The fourth-order valence-corrected chi connectivity index (χ4v) is 2.03. The third kappa shape index (κ3) is 4.09. The predicted octanol–water partition coefficient (Wildman–Crippen LogP) is 1.45. The molecule has 0 radical (unpaired) electrons. The van der Waals surface area contributed by atoms with E-state index in [0.717, 1.165) is 11.3 Å². The van der Waals surface area contributed by atoms with E-state index in [9.17, 15) is 9.59 Å². The summed E-state index contributed by atoms with van der Waals surface area (Å²) < 4.78 is 0. The van der Waals surface area contributed by atoms with Gasteiger partial charge in [-0.1, -0.05) is 5.16 Å². The van der Waals surface area contributed by atoms with Gasteiger partial charge >= 0.3 is 0 Å². The van der Waals surface area contributed by atoms with Crippen molar-refractivity contribution in [2.24, 2.45) is 10.9 Å². The van der Waals surface area contributed by atoms with E-state index < -0.39 is 16.5 Å². The summed E-state index contributed by atoms with van der Waals surface area (Å²) in [4.78, 5) is 30.3. The smallest absolute Gasteiger partial charge is 0.276 e. The van der Waals surface area contributed by atoms with Crippen LogP contribution in [-0.4, -0.2) is 29.0 Å². The number of nitrogens with zero attached hydrogens (tertiary/aromatic N) is 2. The fourth-order valence-electron chi connectivity index (χ4n) is 0.909. The van der Waals surface area contributed by atoms with E-state index in [0.29, 0.717) is 0 Å². The summed E-state index contributed by atoms with van der Waals surface area (Å²) in [6, 6.07) is 0. The molecule has 0 saturated carbocycles. The Balaban J connectivity index is 0.00000289. The lowest BCUT2D eigenvalue weighted by atomic mass is 10.3. The van der Waals surface area contributed by atoms with Crippen LogP contribution in [0.2, 0.25) is 0 Å². The molecule has 1 atom stereocenters. The third-order valence-corrected chi connectivity index (χ3v) is 3.24. The van der Waals surface area contributed by atoms with Crippen molar-refractivity contribution < 1.29 is 14.4 Å². The lowest BCUT2D eigenvalue weighted by Gasteiger charge is -1.99. The van der Waals surface area contributed by atoms with Crippen LogP contribution in [0.5, 0.6) is 0 Å². The van der Waals surface area contributed by atoms with Crippen molar-refractivity contribution >= 4 is 63.8 Å². The lowest BCUT2D eigenvalue weighted by Crippen LogP contribution is -2.17. The van der Waals surface area contributed by atoms with Crippen molar-refractivity contribution in [2.75, 3.05) is 7.11 Å². The number of oxime groups is 1. The highest BCUT2D eigenvalue weighted by molar-refractivity contribution is 7.10. The molecule has 1 amide bonds. The number of aromatic nitrogens is 1. The first-order chi connectivity index (χ1) is 7.97. The number of alkyl halides is 1. The van der Waals surface area contributed by atoms with Gasteiger partial charge in [0.05, 0.1) is 0 Å². The summed E-state index contributed by atoms with van der Waals surface area (Å²) >= 11 is 12.1. The molecule has 100 valence electrons. The Hall–Kier alpha value is -0.890. The molecule has 6 nitrogen and oxygen atoms in total. The van der Waals surface area contributed by atoms with Crippen LogP contribution in [0.25, 0.3) is 0 Å². The second kappa shape index (κ2) is 7.52. The van der Waals surface area contributed by atoms with Gasteiger partial charge in [0.2, 0.25) is 5.91 Å². The number of hydrogen-bond acceptors (Lipinski definition) is 6. The summed E-state index contributed by atoms with van der Waals surface area (Å²) in [6.45, 7) is 0. The minimum absolute atomic E-state index is 0. The predicted molar refractivity (Wildman–Crippen MR) is 71.6 cm³/mol. The van der Waals surface area contributed by atoms with Crippen LogP contribution in [-0.2, 0) is 14.4 Å². The number of hydrogen-bond donors (Lipinski definition) is 1. The highest BCUT2D eigenvalue weighted by Crippen LogP contribution is 2.24. The second-order valence-corrected chi connectivity index (χ2v) is 4.40. The molecule has 0 aromatic carbocycles. The highest BCUT2D eigenvalue weighted by atomic mass is 35.5. The maximum absolute atomic E-state index is 11.0. The number of rotatable bonds is 5. The first kappa shape index (κ1) is 17.1. The summed E-state index contributed by atoms with van der Waals surface area (Å²) in [5.74, 6) is -0.727. The minimum Gasteiger partial charge on any atom is -0.398 e. The zero-order valence-electron chi connectivity index (χ0n) is 8.92. The van der Waals surface area contributed by atoms with Crippen LogP contribution in [0.4, 0.5) is 0 Å². The zero-order valence-corrected chi connectivity index (χ0v) is 12.1. The van der Waals surface area contributed by atoms with Gasteiger partial charge in [0.1, 0.15) is 17.8 Å². The number of primary amides is 1. The minimum atomic E-state index is -1.05. The van der Waals surface area contributed by atoms with Crippen LogP contribution in [0, 0.1) is 0 Å². The first-order valence-corrected chi connectivity index (χ1v) is 5.87. The maximum Gasteiger partial charge on any atom is 0.276 e. The number of amides is 1. The Kier molecular flexibility index (Phi) is 7.15. The van der Waals surface area contributed by atoms with Crippen molar-refractivity contribution in [2.45, 2.75) is 5.38 Å². The SMILES string of the molecule is CO/N=C(\C(=O)Cl)c1csc(C(Cl)C(N)=O)n1.Cl. The van der Waals surface area contributed by atoms with E-state index in [1.807, 2.05) is 0 Å². The van der Waals surface area contributed by atoms with Gasteiger partial charge in [0.15, 0.2) is 11.1 Å². The topological polar surface area (TPSA) is 94.6 Å². The highest BCUT2D eigenvalue weighted by Gasteiger charge is 2.22. The molecular formula is C8H8Cl3N3O3S. The molecule has 1 heterocycles. The molecule has 0 aliphatic heterocycles. The Bertz CT molecular complexity index is 477. The largest absolute Gasteiger partial charge is 0.398 e. The van der Waals surface area contributed by atoms with E-state index >= 15 is 0 Å². The van der Waals surface area contributed by atoms with Crippen LogP contribution >= 0.6 is 46.9 Å². The summed E-state index contributed by atoms with van der Waals surface area (Å²) in [6.07, 6.45) is 0. The van der Waals surface area contributed by atoms with E-state index in [-0.39, 0.29) is 28.8 Å². The van der Waals surface area contributed by atoms with Crippen molar-refractivity contribution in [1.29, 1.82) is 0 Å². The second-order valence-electron chi connectivity index (χ2n) is 2.73. The van der Waals surface area contributed by atoms with Gasteiger partial charge < -0.3 is 10.6 Å². The molecule has 0 fully saturated rings. The van der Waals surface area contributed by atoms with Gasteiger partial charge in [-0.15, -0.1) is 35.3 Å². The lowest BCUT2D eigenvalue weighted by molar-refractivity contribution is -0.117. The van der Waals surface area contributed by atoms with Gasteiger partial charge in [0.25, 0.3) is 5.24 Å². The van der Waals surface area contributed by atoms with E-state index in [1.165, 1.54) is 12.5 Å². The number of nitrogens with two attached hydrogens (primary N) is 1. The molecule has 1 unspecified atom stereocenters. The van der Waals surface area contributed by atoms with E-state index in [2.05, 4.69) is 15.0 Å². The molecule has 18 heavy (non-hydrogen) atoms. The zero-order chi connectivity index (χ0) is 13.0. The van der Waals surface area contributed by atoms with Gasteiger partial charge in [-0.2, -0.15) is 0 Å². The fraction of sp³-hybridized carbons (Fsp3) is 0.250. The number of carbonyl (C=O) groups is 2. The van der Waals surface area contributed by atoms with Gasteiger partial charge in [-0.3, -0.25) is 9.59 Å². The average molecular weight is 333 g/mol. The molecule has 1 rings (SSSR count). The Morgan fingerprint density at radius 1 is 1.61 bits per heavy atom. The van der Waals surface area contributed by atoms with Crippen LogP contribution < -0.4 is 5.73 Å². The Morgan fingerprint density at radius 3 is 2.67 bits per heavy atom. The molecule has 0 aliphatic rings. The average Bonchev–Trinajstić information content (AvgIpc) is 2.73. The molecule has 1 aromatic heterocycles. The molecular weight excluding hydrogens is 325 g/mol. The standard InChI is InChI=1S/C8H7Cl2N3O3S.ClH/c1-16-13-5(6(10)14)3-2-17-8(12-3)4(9)7(11)15;/h2,4H,1H3,(H2,11,15);1H/b13-5-;. The van der Waals surface area contributed by atoms with Crippen molar-refractivity contribution in [1.82, 2.24) is 4.98 Å². The molecule has 10 heteroatoms. The Morgan fingerprint density at radius 2 is 2.22 bits per heavy atom. The van der Waals surface area contributed by atoms with Crippen molar-refractivity contribution in [3.8, 4) is 0 Å². The van der Waals surface area contributed by atoms with Gasteiger partial charge in [0, 0.05) is 5.38 Å². The normalized spacial score (nSPS) is 12.5. The number of halogens is 3. The van der Waals surface area contributed by atoms with Crippen LogP contribution in [0.1, 0.15) is 16.1 Å². The third-order valence-electron chi connectivity index (χ3n) is 1.60. The molecule has 0 bridgehead atoms. The van der Waals surface area contributed by atoms with Crippen molar-refractivity contribution in [3.05, 3.63) is 16.1 Å². The molecule has 0 aliphatic carbocycles.